The van der Waals surface area contributed by atoms with Crippen LogP contribution >= 0.6 is 0 Å². The molecule has 2 amide bonds. The van der Waals surface area contributed by atoms with Crippen molar-refractivity contribution >= 4 is 11.8 Å². The maximum Gasteiger partial charge on any atom is 0.240 e. The van der Waals surface area contributed by atoms with Gasteiger partial charge in [-0.25, -0.2) is 0 Å². The van der Waals surface area contributed by atoms with Crippen LogP contribution in [0.1, 0.15) is 37.3 Å². The van der Waals surface area contributed by atoms with Gasteiger partial charge in [-0.15, -0.1) is 0 Å². The number of benzene rings is 1. The van der Waals surface area contributed by atoms with Crippen molar-refractivity contribution in [3.63, 3.8) is 0 Å². The van der Waals surface area contributed by atoms with Crippen LogP contribution in [0.2, 0.25) is 0 Å². The van der Waals surface area contributed by atoms with Gasteiger partial charge in [0, 0.05) is 18.5 Å². The predicted molar refractivity (Wildman–Crippen MR) is 80.8 cm³/mol. The molecule has 1 aliphatic heterocycles. The van der Waals surface area contributed by atoms with E-state index in [2.05, 4.69) is 24.4 Å². The molecule has 0 saturated carbocycles. The van der Waals surface area contributed by atoms with Crippen LogP contribution in [0.4, 0.5) is 0 Å². The molecule has 4 heteroatoms. The summed E-state index contributed by atoms with van der Waals surface area (Å²) in [6.07, 6.45) is 4.26. The monoisotopic (exact) mass is 286 g/mol. The van der Waals surface area contributed by atoms with E-state index in [9.17, 15) is 9.59 Å². The van der Waals surface area contributed by atoms with Crippen LogP contribution in [0.5, 0.6) is 0 Å². The average molecular weight is 286 g/mol. The minimum atomic E-state index is -0.223. The Bertz CT molecular complexity index is 543. The van der Waals surface area contributed by atoms with Crippen LogP contribution in [0, 0.1) is 0 Å². The Morgan fingerprint density at radius 3 is 2.52 bits per heavy atom. The van der Waals surface area contributed by atoms with E-state index in [4.69, 9.17) is 0 Å². The molecule has 21 heavy (non-hydrogen) atoms. The fraction of sp³-hybridized carbons (Fsp3) is 0.529. The summed E-state index contributed by atoms with van der Waals surface area (Å²) in [7, 11) is 0. The molecule has 2 aliphatic rings. The highest BCUT2D eigenvalue weighted by molar-refractivity contribution is 5.85. The summed E-state index contributed by atoms with van der Waals surface area (Å²) in [5.41, 5.74) is 2.41. The topological polar surface area (TPSA) is 49.4 Å². The SMILES string of the molecule is CC1(NC(=O)CN2CCCCC2=O)Cc2ccccc2C1. The number of hydrogen-bond donors (Lipinski definition) is 1. The van der Waals surface area contributed by atoms with Gasteiger partial charge in [-0.05, 0) is 43.7 Å². The molecule has 3 rings (SSSR count). The van der Waals surface area contributed by atoms with E-state index >= 15 is 0 Å². The maximum atomic E-state index is 12.3. The van der Waals surface area contributed by atoms with Crippen molar-refractivity contribution in [2.24, 2.45) is 0 Å². The smallest absolute Gasteiger partial charge is 0.240 e. The first-order valence-electron chi connectivity index (χ1n) is 7.71. The van der Waals surface area contributed by atoms with E-state index in [1.807, 2.05) is 12.1 Å². The lowest BCUT2D eigenvalue weighted by Gasteiger charge is -2.30. The molecule has 0 atom stereocenters. The number of carbonyl (C=O) groups is 2. The van der Waals surface area contributed by atoms with Crippen LogP contribution in [0.25, 0.3) is 0 Å². The molecule has 1 aromatic rings. The fourth-order valence-corrected chi connectivity index (χ4v) is 3.47. The third-order valence-electron chi connectivity index (χ3n) is 4.48. The molecule has 1 saturated heterocycles. The van der Waals surface area contributed by atoms with Crippen LogP contribution in [-0.2, 0) is 22.4 Å². The minimum absolute atomic E-state index is 0.0412. The minimum Gasteiger partial charge on any atom is -0.349 e. The van der Waals surface area contributed by atoms with E-state index in [0.717, 1.165) is 25.7 Å². The summed E-state index contributed by atoms with van der Waals surface area (Å²) >= 11 is 0. The van der Waals surface area contributed by atoms with Crippen molar-refractivity contribution in [3.05, 3.63) is 35.4 Å². The predicted octanol–water partition coefficient (Wildman–Crippen LogP) is 1.67. The van der Waals surface area contributed by atoms with Gasteiger partial charge in [-0.3, -0.25) is 9.59 Å². The van der Waals surface area contributed by atoms with Gasteiger partial charge in [0.2, 0.25) is 11.8 Å². The maximum absolute atomic E-state index is 12.3. The Balaban J connectivity index is 1.59. The molecule has 0 radical (unpaired) electrons. The van der Waals surface area contributed by atoms with Gasteiger partial charge in [-0.1, -0.05) is 24.3 Å². The van der Waals surface area contributed by atoms with Crippen LogP contribution in [0.3, 0.4) is 0 Å². The van der Waals surface area contributed by atoms with Gasteiger partial charge in [-0.2, -0.15) is 0 Å². The average Bonchev–Trinajstić information content (AvgIpc) is 2.76. The van der Waals surface area contributed by atoms with Gasteiger partial charge >= 0.3 is 0 Å². The highest BCUT2D eigenvalue weighted by Crippen LogP contribution is 2.29. The first-order chi connectivity index (χ1) is 10.1. The summed E-state index contributed by atoms with van der Waals surface area (Å²) in [5, 5.41) is 3.14. The van der Waals surface area contributed by atoms with Gasteiger partial charge in [0.15, 0.2) is 0 Å². The van der Waals surface area contributed by atoms with E-state index in [0.29, 0.717) is 13.0 Å². The number of nitrogens with zero attached hydrogens (tertiary/aromatic N) is 1. The lowest BCUT2D eigenvalue weighted by Crippen LogP contribution is -2.51. The molecule has 112 valence electrons. The normalized spacial score (nSPS) is 20.2. The van der Waals surface area contributed by atoms with Crippen molar-refractivity contribution in [1.82, 2.24) is 10.2 Å². The zero-order chi connectivity index (χ0) is 14.9. The molecule has 1 aromatic carbocycles. The van der Waals surface area contributed by atoms with Crippen LogP contribution < -0.4 is 5.32 Å². The van der Waals surface area contributed by atoms with Gasteiger partial charge in [0.25, 0.3) is 0 Å². The van der Waals surface area contributed by atoms with Crippen LogP contribution in [-0.4, -0.2) is 35.3 Å². The third-order valence-corrected chi connectivity index (χ3v) is 4.48. The Hall–Kier alpha value is -1.84. The first kappa shape index (κ1) is 14.1. The fourth-order valence-electron chi connectivity index (χ4n) is 3.47. The molecule has 0 spiro atoms. The summed E-state index contributed by atoms with van der Waals surface area (Å²) in [6.45, 7) is 3.00. The lowest BCUT2D eigenvalue weighted by atomic mass is 9.98. The standard InChI is InChI=1S/C17H22N2O2/c1-17(10-13-6-2-3-7-14(13)11-17)18-15(20)12-19-9-5-4-8-16(19)21/h2-3,6-7H,4-5,8-12H2,1H3,(H,18,20). The number of rotatable bonds is 3. The van der Waals surface area contributed by atoms with Gasteiger partial charge in [0.1, 0.15) is 0 Å². The second-order valence-corrected chi connectivity index (χ2v) is 6.50. The molecule has 1 fully saturated rings. The first-order valence-corrected chi connectivity index (χ1v) is 7.71. The molecule has 0 aromatic heterocycles. The second-order valence-electron chi connectivity index (χ2n) is 6.50. The molecule has 1 aliphatic carbocycles. The quantitative estimate of drug-likeness (QED) is 0.919. The number of amides is 2. The molecule has 0 bridgehead atoms. The number of hydrogen-bond acceptors (Lipinski definition) is 2. The molecule has 1 N–H and O–H groups in total. The summed E-state index contributed by atoms with van der Waals surface area (Å²) < 4.78 is 0. The van der Waals surface area contributed by atoms with Crippen molar-refractivity contribution in [2.45, 2.75) is 44.6 Å². The van der Waals surface area contributed by atoms with Gasteiger partial charge < -0.3 is 10.2 Å². The second kappa shape index (κ2) is 5.51. The van der Waals surface area contributed by atoms with Crippen molar-refractivity contribution in [2.75, 3.05) is 13.1 Å². The Morgan fingerprint density at radius 1 is 1.24 bits per heavy atom. The highest BCUT2D eigenvalue weighted by atomic mass is 16.2. The molecule has 4 nitrogen and oxygen atoms in total. The number of carbonyl (C=O) groups excluding carboxylic acids is 2. The molecular formula is C17H22N2O2. The van der Waals surface area contributed by atoms with Crippen molar-refractivity contribution in [3.8, 4) is 0 Å². The third kappa shape index (κ3) is 3.09. The van der Waals surface area contributed by atoms with Crippen molar-refractivity contribution < 1.29 is 9.59 Å². The van der Waals surface area contributed by atoms with E-state index in [-0.39, 0.29) is 23.9 Å². The summed E-state index contributed by atoms with van der Waals surface area (Å²) in [5.74, 6) is 0.0665. The molecular weight excluding hydrogens is 264 g/mol. The Labute approximate surface area is 125 Å². The zero-order valence-electron chi connectivity index (χ0n) is 12.5. The van der Waals surface area contributed by atoms with E-state index < -0.39 is 0 Å². The molecule has 1 heterocycles. The lowest BCUT2D eigenvalue weighted by molar-refractivity contribution is -0.138. The van der Waals surface area contributed by atoms with Gasteiger partial charge in [0.05, 0.1) is 6.54 Å². The Kier molecular flexibility index (Phi) is 3.70. The molecule has 0 unspecified atom stereocenters. The van der Waals surface area contributed by atoms with E-state index in [1.54, 1.807) is 4.90 Å². The number of likely N-dealkylation sites (tertiary alicyclic amines) is 1. The number of fused-ring (bicyclic) bond motifs is 1. The van der Waals surface area contributed by atoms with Crippen molar-refractivity contribution in [1.29, 1.82) is 0 Å². The highest BCUT2D eigenvalue weighted by Gasteiger charge is 2.34. The summed E-state index contributed by atoms with van der Waals surface area (Å²) in [6, 6.07) is 8.33. The zero-order valence-corrected chi connectivity index (χ0v) is 12.5. The van der Waals surface area contributed by atoms with E-state index in [1.165, 1.54) is 11.1 Å². The largest absolute Gasteiger partial charge is 0.349 e. The van der Waals surface area contributed by atoms with Crippen LogP contribution in [0.15, 0.2) is 24.3 Å². The Morgan fingerprint density at radius 2 is 1.90 bits per heavy atom. The number of piperidine rings is 1. The summed E-state index contributed by atoms with van der Waals surface area (Å²) in [4.78, 5) is 25.7. The number of nitrogens with one attached hydrogen (secondary N) is 1.